The fourth-order valence-electron chi connectivity index (χ4n) is 2.30. The summed E-state index contributed by atoms with van der Waals surface area (Å²) in [5.41, 5.74) is 0. The van der Waals surface area contributed by atoms with Crippen molar-refractivity contribution in [3.8, 4) is 0 Å². The summed E-state index contributed by atoms with van der Waals surface area (Å²) in [6.07, 6.45) is 10.3. The number of unbranched alkanes of at least 4 members (excludes halogenated alkanes) is 6. The molecule has 0 spiro atoms. The number of hydrogen-bond donors (Lipinski definition) is 1. The van der Waals surface area contributed by atoms with Crippen LogP contribution in [0.5, 0.6) is 0 Å². The molecule has 2 unspecified atom stereocenters. The van der Waals surface area contributed by atoms with Gasteiger partial charge in [0.2, 0.25) is 0 Å². The normalized spacial score (nSPS) is 16.6. The number of phosphoric acid groups is 1. The first-order chi connectivity index (χ1) is 9.91. The molecular weight excluding hydrogens is 339 g/mol. The zero-order valence-electron chi connectivity index (χ0n) is 14.8. The van der Waals surface area contributed by atoms with E-state index in [1.54, 1.807) is 0 Å². The Hall–Kier alpha value is 0.642. The van der Waals surface area contributed by atoms with Crippen molar-refractivity contribution in [2.75, 3.05) is 0 Å². The molecule has 22 heavy (non-hydrogen) atoms. The van der Waals surface area contributed by atoms with Crippen LogP contribution in [0.2, 0.25) is 0 Å². The van der Waals surface area contributed by atoms with Gasteiger partial charge in [-0.1, -0.05) is 65.2 Å². The summed E-state index contributed by atoms with van der Waals surface area (Å²) >= 11 is 0. The van der Waals surface area contributed by atoms with Crippen molar-refractivity contribution in [1.82, 2.24) is 0 Å². The standard InChI is InChI=1S/C16H35O4P.Cr/c1-5-7-9-11-13-15(3)19-21(17,18)20-16(4)14-12-10-8-6-2;/h15-16H,5-14H2,1-4H3,(H,17,18);. The van der Waals surface area contributed by atoms with Gasteiger partial charge >= 0.3 is 7.82 Å². The molecule has 0 aliphatic heterocycles. The van der Waals surface area contributed by atoms with E-state index in [0.29, 0.717) is 0 Å². The largest absolute Gasteiger partial charge is 0.472 e. The predicted molar refractivity (Wildman–Crippen MR) is 88.4 cm³/mol. The van der Waals surface area contributed by atoms with Crippen molar-refractivity contribution >= 4 is 7.82 Å². The average Bonchev–Trinajstić information content (AvgIpc) is 2.38. The molecule has 0 aromatic rings. The fraction of sp³-hybridized carbons (Fsp3) is 1.00. The van der Waals surface area contributed by atoms with Crippen molar-refractivity contribution < 1.29 is 35.9 Å². The third kappa shape index (κ3) is 15.5. The average molecular weight is 374 g/mol. The van der Waals surface area contributed by atoms with Crippen LogP contribution >= 0.6 is 7.82 Å². The molecule has 0 radical (unpaired) electrons. The van der Waals surface area contributed by atoms with Gasteiger partial charge in [0.05, 0.1) is 12.2 Å². The molecule has 0 aliphatic rings. The maximum Gasteiger partial charge on any atom is 0.472 e. The van der Waals surface area contributed by atoms with Gasteiger partial charge in [0.1, 0.15) is 0 Å². The maximum atomic E-state index is 11.9. The third-order valence-corrected chi connectivity index (χ3v) is 4.81. The molecule has 0 aliphatic carbocycles. The SMILES string of the molecule is CCCCCCC(C)OP(=O)(O)OC(C)CCCCCC.[Cr]. The topological polar surface area (TPSA) is 55.8 Å². The van der Waals surface area contributed by atoms with Gasteiger partial charge in [-0.05, 0) is 26.7 Å². The van der Waals surface area contributed by atoms with Gasteiger partial charge < -0.3 is 4.89 Å². The first-order valence-corrected chi connectivity index (χ1v) is 10.1. The molecule has 0 saturated carbocycles. The third-order valence-electron chi connectivity index (χ3n) is 3.55. The van der Waals surface area contributed by atoms with E-state index in [0.717, 1.165) is 38.5 Å². The smallest absolute Gasteiger partial charge is 0.302 e. The summed E-state index contributed by atoms with van der Waals surface area (Å²) in [4.78, 5) is 9.77. The van der Waals surface area contributed by atoms with Crippen LogP contribution in [0.4, 0.5) is 0 Å². The van der Waals surface area contributed by atoms with Crippen molar-refractivity contribution in [2.24, 2.45) is 0 Å². The van der Waals surface area contributed by atoms with Gasteiger partial charge in [-0.3, -0.25) is 9.05 Å². The molecular formula is C16H35CrO4P. The van der Waals surface area contributed by atoms with Crippen LogP contribution in [-0.2, 0) is 31.0 Å². The molecule has 0 amide bonds. The van der Waals surface area contributed by atoms with Gasteiger partial charge in [-0.2, -0.15) is 0 Å². The quantitative estimate of drug-likeness (QED) is 0.307. The number of rotatable bonds is 14. The van der Waals surface area contributed by atoms with E-state index in [1.807, 2.05) is 13.8 Å². The molecule has 134 valence electrons. The van der Waals surface area contributed by atoms with Crippen molar-refractivity contribution in [3.05, 3.63) is 0 Å². The van der Waals surface area contributed by atoms with Crippen LogP contribution in [0, 0.1) is 0 Å². The molecule has 0 aromatic carbocycles. The molecule has 0 aromatic heterocycles. The van der Waals surface area contributed by atoms with Crippen LogP contribution in [0.1, 0.15) is 91.9 Å². The summed E-state index contributed by atoms with van der Waals surface area (Å²) < 4.78 is 22.3. The van der Waals surface area contributed by atoms with E-state index in [4.69, 9.17) is 9.05 Å². The maximum absolute atomic E-state index is 11.9. The van der Waals surface area contributed by atoms with Crippen LogP contribution in [0.25, 0.3) is 0 Å². The van der Waals surface area contributed by atoms with Gasteiger partial charge in [0.25, 0.3) is 0 Å². The Morgan fingerprint density at radius 1 is 0.818 bits per heavy atom. The Bertz CT molecular complexity index is 265. The molecule has 0 saturated heterocycles. The van der Waals surface area contributed by atoms with Crippen molar-refractivity contribution in [2.45, 2.75) is 104 Å². The van der Waals surface area contributed by atoms with E-state index in [-0.39, 0.29) is 29.6 Å². The second-order valence-corrected chi connectivity index (χ2v) is 7.36. The molecule has 0 heterocycles. The van der Waals surface area contributed by atoms with Crippen LogP contribution in [-0.4, -0.2) is 17.1 Å². The zero-order chi connectivity index (χ0) is 16.1. The van der Waals surface area contributed by atoms with E-state index in [9.17, 15) is 9.46 Å². The van der Waals surface area contributed by atoms with Crippen molar-refractivity contribution in [3.63, 3.8) is 0 Å². The Morgan fingerprint density at radius 2 is 1.18 bits per heavy atom. The van der Waals surface area contributed by atoms with E-state index >= 15 is 0 Å². The predicted octanol–water partition coefficient (Wildman–Crippen LogP) is 5.84. The molecule has 0 bridgehead atoms. The van der Waals surface area contributed by atoms with Crippen LogP contribution in [0.15, 0.2) is 0 Å². The summed E-state index contributed by atoms with van der Waals surface area (Å²) in [6.45, 7) is 8.00. The number of hydrogen-bond acceptors (Lipinski definition) is 3. The minimum absolute atomic E-state index is 0. The minimum atomic E-state index is -3.92. The summed E-state index contributed by atoms with van der Waals surface area (Å²) in [7, 11) is -3.92. The molecule has 6 heteroatoms. The second-order valence-electron chi connectivity index (χ2n) is 6.00. The van der Waals surface area contributed by atoms with Crippen LogP contribution in [0.3, 0.4) is 0 Å². The molecule has 2 atom stereocenters. The summed E-state index contributed by atoms with van der Waals surface area (Å²) in [5, 5.41) is 0. The Morgan fingerprint density at radius 3 is 1.50 bits per heavy atom. The van der Waals surface area contributed by atoms with Gasteiger partial charge in [0, 0.05) is 17.4 Å². The fourth-order valence-corrected chi connectivity index (χ4v) is 3.47. The van der Waals surface area contributed by atoms with Crippen LogP contribution < -0.4 is 0 Å². The summed E-state index contributed by atoms with van der Waals surface area (Å²) in [6, 6.07) is 0. The van der Waals surface area contributed by atoms with Gasteiger partial charge in [-0.25, -0.2) is 4.57 Å². The monoisotopic (exact) mass is 374 g/mol. The Balaban J connectivity index is 0. The Labute approximate surface area is 148 Å². The van der Waals surface area contributed by atoms with E-state index in [2.05, 4.69) is 13.8 Å². The van der Waals surface area contributed by atoms with E-state index in [1.165, 1.54) is 25.7 Å². The first kappa shape index (κ1) is 24.9. The number of phosphoric ester groups is 1. The second kappa shape index (κ2) is 15.2. The minimum Gasteiger partial charge on any atom is -0.302 e. The zero-order valence-corrected chi connectivity index (χ0v) is 16.9. The molecule has 4 nitrogen and oxygen atoms in total. The van der Waals surface area contributed by atoms with E-state index < -0.39 is 7.82 Å². The first-order valence-electron chi connectivity index (χ1n) is 8.60. The van der Waals surface area contributed by atoms with Gasteiger partial charge in [0.15, 0.2) is 0 Å². The van der Waals surface area contributed by atoms with Crippen molar-refractivity contribution in [1.29, 1.82) is 0 Å². The molecule has 0 fully saturated rings. The molecule has 0 rings (SSSR count). The molecule has 1 N–H and O–H groups in total. The summed E-state index contributed by atoms with van der Waals surface area (Å²) in [5.74, 6) is 0. The van der Waals surface area contributed by atoms with Gasteiger partial charge in [-0.15, -0.1) is 0 Å². The Kier molecular flexibility index (Phi) is 17.2.